The van der Waals surface area contributed by atoms with E-state index in [2.05, 4.69) is 27.7 Å². The van der Waals surface area contributed by atoms with E-state index >= 15 is 0 Å². The van der Waals surface area contributed by atoms with Crippen LogP contribution in [0.25, 0.3) is 0 Å². The second-order valence-electron chi connectivity index (χ2n) is 5.92. The van der Waals surface area contributed by atoms with Gasteiger partial charge in [-0.1, -0.05) is 47.0 Å². The average Bonchev–Trinajstić information content (AvgIpc) is 2.51. The first kappa shape index (κ1) is 18.2. The van der Waals surface area contributed by atoms with Gasteiger partial charge in [0.25, 0.3) is 0 Å². The summed E-state index contributed by atoms with van der Waals surface area (Å²) >= 11 is 0. The van der Waals surface area contributed by atoms with Gasteiger partial charge < -0.3 is 9.05 Å². The Kier molecular flexibility index (Phi) is 8.39. The molecule has 0 atom stereocenters. The Balaban J connectivity index is 2.82. The van der Waals surface area contributed by atoms with E-state index in [9.17, 15) is 4.57 Å². The lowest BCUT2D eigenvalue weighted by atomic mass is 10.0. The van der Waals surface area contributed by atoms with Crippen LogP contribution in [0.4, 0.5) is 0 Å². The molecule has 0 aromatic carbocycles. The molecule has 0 radical (unpaired) electrons. The third-order valence-electron chi connectivity index (χ3n) is 4.44. The van der Waals surface area contributed by atoms with Crippen molar-refractivity contribution >= 4 is 7.60 Å². The molecule has 3 nitrogen and oxygen atoms in total. The van der Waals surface area contributed by atoms with Crippen LogP contribution < -0.4 is 0 Å². The van der Waals surface area contributed by atoms with E-state index in [0.717, 1.165) is 51.4 Å². The lowest BCUT2D eigenvalue weighted by Crippen LogP contribution is -2.23. The van der Waals surface area contributed by atoms with E-state index < -0.39 is 7.60 Å². The van der Waals surface area contributed by atoms with Crippen LogP contribution in [0.2, 0.25) is 0 Å². The van der Waals surface area contributed by atoms with Crippen molar-refractivity contribution in [3.63, 3.8) is 0 Å². The fraction of sp³-hybridized carbons (Fsp3) is 1.00. The summed E-state index contributed by atoms with van der Waals surface area (Å²) in [7, 11) is -2.97. The molecule has 1 rings (SSSR count). The van der Waals surface area contributed by atoms with Crippen LogP contribution >= 0.6 is 7.60 Å². The molecule has 4 heteroatoms. The Labute approximate surface area is 125 Å². The predicted octanol–water partition coefficient (Wildman–Crippen LogP) is 5.92. The van der Waals surface area contributed by atoms with Crippen LogP contribution in [-0.2, 0) is 13.6 Å². The maximum atomic E-state index is 13.4. The highest BCUT2D eigenvalue weighted by molar-refractivity contribution is 7.54. The van der Waals surface area contributed by atoms with Gasteiger partial charge in [-0.15, -0.1) is 0 Å². The van der Waals surface area contributed by atoms with Crippen LogP contribution in [0, 0.1) is 0 Å². The summed E-state index contributed by atoms with van der Waals surface area (Å²) in [6.07, 6.45) is 9.31. The number of rotatable bonds is 9. The summed E-state index contributed by atoms with van der Waals surface area (Å²) in [6.45, 7) is 8.38. The van der Waals surface area contributed by atoms with Crippen molar-refractivity contribution in [1.82, 2.24) is 0 Å². The van der Waals surface area contributed by atoms with Crippen molar-refractivity contribution in [2.24, 2.45) is 0 Å². The van der Waals surface area contributed by atoms with E-state index in [4.69, 9.17) is 9.05 Å². The van der Waals surface area contributed by atoms with Crippen molar-refractivity contribution in [3.05, 3.63) is 0 Å². The van der Waals surface area contributed by atoms with Crippen LogP contribution in [0.1, 0.15) is 85.5 Å². The molecule has 1 aliphatic carbocycles. The van der Waals surface area contributed by atoms with Crippen molar-refractivity contribution in [3.8, 4) is 0 Å². The minimum atomic E-state index is -2.97. The van der Waals surface area contributed by atoms with Crippen LogP contribution in [0.3, 0.4) is 0 Å². The summed E-state index contributed by atoms with van der Waals surface area (Å²) in [5.74, 6) is 0. The number of hydrogen-bond donors (Lipinski definition) is 0. The van der Waals surface area contributed by atoms with Gasteiger partial charge in [-0.2, -0.15) is 0 Å². The van der Waals surface area contributed by atoms with Gasteiger partial charge in [-0.3, -0.25) is 4.57 Å². The average molecular weight is 304 g/mol. The summed E-state index contributed by atoms with van der Waals surface area (Å²) in [5.41, 5.74) is 0.123. The Morgan fingerprint density at radius 3 is 1.60 bits per heavy atom. The molecule has 0 unspecified atom stereocenters. The fourth-order valence-electron chi connectivity index (χ4n) is 2.89. The molecule has 1 saturated carbocycles. The molecule has 20 heavy (non-hydrogen) atoms. The predicted molar refractivity (Wildman–Crippen MR) is 85.4 cm³/mol. The zero-order valence-corrected chi connectivity index (χ0v) is 14.7. The largest absolute Gasteiger partial charge is 0.334 e. The van der Waals surface area contributed by atoms with E-state index in [1.807, 2.05) is 0 Å². The van der Waals surface area contributed by atoms with Crippen molar-refractivity contribution in [2.45, 2.75) is 103 Å². The van der Waals surface area contributed by atoms with Gasteiger partial charge in [-0.25, -0.2) is 0 Å². The standard InChI is InChI=1S/C16H33O3P/c1-5-14(6-2)18-20(17,19-15(7-3)8-4)16-12-10-9-11-13-16/h14-16H,5-13H2,1-4H3. The topological polar surface area (TPSA) is 35.5 Å². The fourth-order valence-corrected chi connectivity index (χ4v) is 5.70. The van der Waals surface area contributed by atoms with Crippen molar-refractivity contribution in [1.29, 1.82) is 0 Å². The highest BCUT2D eigenvalue weighted by Gasteiger charge is 2.39. The Morgan fingerprint density at radius 1 is 0.850 bits per heavy atom. The van der Waals surface area contributed by atoms with E-state index in [1.165, 1.54) is 6.42 Å². The highest BCUT2D eigenvalue weighted by atomic mass is 31.2. The first-order valence-electron chi connectivity index (χ1n) is 8.56. The normalized spacial score (nSPS) is 18.1. The van der Waals surface area contributed by atoms with Crippen LogP contribution in [0.15, 0.2) is 0 Å². The maximum absolute atomic E-state index is 13.4. The molecule has 0 spiro atoms. The van der Waals surface area contributed by atoms with Gasteiger partial charge in [0.2, 0.25) is 0 Å². The Bertz CT molecular complexity index is 274. The lowest BCUT2D eigenvalue weighted by molar-refractivity contribution is 0.0972. The molecule has 1 aliphatic rings. The van der Waals surface area contributed by atoms with Crippen molar-refractivity contribution in [2.75, 3.05) is 0 Å². The highest BCUT2D eigenvalue weighted by Crippen LogP contribution is 2.60. The van der Waals surface area contributed by atoms with E-state index in [0.29, 0.717) is 0 Å². The monoisotopic (exact) mass is 304 g/mol. The molecular formula is C16H33O3P. The summed E-state index contributed by atoms with van der Waals surface area (Å²) < 4.78 is 25.5. The van der Waals surface area contributed by atoms with Gasteiger partial charge >= 0.3 is 7.60 Å². The molecule has 0 N–H and O–H groups in total. The lowest BCUT2D eigenvalue weighted by Gasteiger charge is -2.34. The zero-order chi connectivity index (χ0) is 15.0. The van der Waals surface area contributed by atoms with Gasteiger partial charge in [0.1, 0.15) is 0 Å². The molecule has 0 bridgehead atoms. The zero-order valence-electron chi connectivity index (χ0n) is 13.8. The van der Waals surface area contributed by atoms with Gasteiger partial charge in [-0.05, 0) is 38.5 Å². The van der Waals surface area contributed by atoms with E-state index in [1.54, 1.807) is 0 Å². The molecule has 120 valence electrons. The molecule has 0 amide bonds. The number of hydrogen-bond acceptors (Lipinski definition) is 3. The molecule has 0 aromatic rings. The van der Waals surface area contributed by atoms with Crippen molar-refractivity contribution < 1.29 is 13.6 Å². The van der Waals surface area contributed by atoms with Gasteiger partial charge in [0.05, 0.1) is 17.9 Å². The molecule has 0 aliphatic heterocycles. The molecular weight excluding hydrogens is 271 g/mol. The molecule has 0 aromatic heterocycles. The molecule has 0 saturated heterocycles. The minimum Gasteiger partial charge on any atom is -0.305 e. The first-order valence-corrected chi connectivity index (χ1v) is 10.2. The minimum absolute atomic E-state index is 0.0668. The first-order chi connectivity index (χ1) is 9.59. The van der Waals surface area contributed by atoms with Crippen LogP contribution in [0.5, 0.6) is 0 Å². The van der Waals surface area contributed by atoms with E-state index in [-0.39, 0.29) is 17.9 Å². The Hall–Kier alpha value is 0.150. The van der Waals surface area contributed by atoms with Gasteiger partial charge in [0.15, 0.2) is 0 Å². The second-order valence-corrected chi connectivity index (χ2v) is 8.15. The second kappa shape index (κ2) is 9.23. The summed E-state index contributed by atoms with van der Waals surface area (Å²) in [5, 5.41) is 0. The molecule has 1 fully saturated rings. The summed E-state index contributed by atoms with van der Waals surface area (Å²) in [6, 6.07) is 0. The van der Waals surface area contributed by atoms with Crippen LogP contribution in [-0.4, -0.2) is 17.9 Å². The molecule has 0 heterocycles. The SMILES string of the molecule is CCC(CC)OP(=O)(OC(CC)CC)C1CCCCC1. The Morgan fingerprint density at radius 2 is 1.25 bits per heavy atom. The quantitative estimate of drug-likeness (QED) is 0.496. The van der Waals surface area contributed by atoms with Gasteiger partial charge in [0, 0.05) is 0 Å². The third kappa shape index (κ3) is 5.16. The maximum Gasteiger partial charge on any atom is 0.334 e. The summed E-state index contributed by atoms with van der Waals surface area (Å²) in [4.78, 5) is 0. The smallest absolute Gasteiger partial charge is 0.305 e. The third-order valence-corrected chi connectivity index (χ3v) is 7.03.